The molecule has 0 spiro atoms. The Hall–Kier alpha value is -2.37. The molecular weight excluding hydrogens is 309 g/mol. The fourth-order valence-electron chi connectivity index (χ4n) is 2.84. The molecule has 6 heteroatoms. The average Bonchev–Trinajstić information content (AvgIpc) is 2.82. The minimum Gasteiger partial charge on any atom is -0.444 e. The molecule has 1 aromatic heterocycles. The van der Waals surface area contributed by atoms with Gasteiger partial charge in [-0.2, -0.15) is 5.10 Å². The van der Waals surface area contributed by atoms with Crippen LogP contribution >= 0.6 is 0 Å². The second-order valence-corrected chi connectivity index (χ2v) is 7.06. The molecule has 0 atom stereocenters. The molecular formula is C18H22FN3O2. The molecule has 1 aromatic carbocycles. The molecule has 2 heterocycles. The van der Waals surface area contributed by atoms with E-state index >= 15 is 0 Å². The van der Waals surface area contributed by atoms with Gasteiger partial charge in [-0.3, -0.25) is 4.68 Å². The van der Waals surface area contributed by atoms with E-state index in [0.29, 0.717) is 19.6 Å². The lowest BCUT2D eigenvalue weighted by atomic mass is 10.1. The Morgan fingerprint density at radius 2 is 2.04 bits per heavy atom. The molecule has 24 heavy (non-hydrogen) atoms. The van der Waals surface area contributed by atoms with Crippen molar-refractivity contribution in [2.24, 2.45) is 0 Å². The van der Waals surface area contributed by atoms with E-state index in [9.17, 15) is 9.18 Å². The summed E-state index contributed by atoms with van der Waals surface area (Å²) in [6.07, 6.45) is -0.318. The van der Waals surface area contributed by atoms with Crippen molar-refractivity contribution in [1.29, 1.82) is 0 Å². The minimum absolute atomic E-state index is 0.284. The van der Waals surface area contributed by atoms with E-state index in [2.05, 4.69) is 5.10 Å². The molecule has 1 amide bonds. The zero-order chi connectivity index (χ0) is 17.5. The van der Waals surface area contributed by atoms with Gasteiger partial charge in [0.15, 0.2) is 0 Å². The van der Waals surface area contributed by atoms with Crippen LogP contribution in [0.3, 0.4) is 0 Å². The number of rotatable bonds is 1. The normalized spacial score (nSPS) is 14.5. The number of halogens is 1. The first-order chi connectivity index (χ1) is 11.2. The van der Waals surface area contributed by atoms with Crippen LogP contribution in [-0.4, -0.2) is 32.9 Å². The second kappa shape index (κ2) is 5.92. The molecule has 5 nitrogen and oxygen atoms in total. The van der Waals surface area contributed by atoms with E-state index in [1.54, 1.807) is 11.0 Å². The zero-order valence-corrected chi connectivity index (χ0v) is 14.5. The maximum atomic E-state index is 13.5. The number of carbonyl (C=O) groups excluding carboxylic acids is 1. The molecule has 0 fully saturated rings. The highest BCUT2D eigenvalue weighted by molar-refractivity contribution is 5.69. The molecule has 0 N–H and O–H groups in total. The Labute approximate surface area is 141 Å². The van der Waals surface area contributed by atoms with Crippen molar-refractivity contribution in [3.63, 3.8) is 0 Å². The van der Waals surface area contributed by atoms with Crippen LogP contribution in [-0.2, 0) is 17.8 Å². The van der Waals surface area contributed by atoms with Crippen LogP contribution in [0, 0.1) is 12.7 Å². The molecule has 128 valence electrons. The Morgan fingerprint density at radius 3 is 2.71 bits per heavy atom. The quantitative estimate of drug-likeness (QED) is 0.799. The number of nitrogens with zero attached hydrogens (tertiary/aromatic N) is 3. The Balaban J connectivity index is 1.86. The van der Waals surface area contributed by atoms with Crippen molar-refractivity contribution < 1.29 is 13.9 Å². The number of amides is 1. The van der Waals surface area contributed by atoms with Crippen LogP contribution in [0.4, 0.5) is 9.18 Å². The smallest absolute Gasteiger partial charge is 0.410 e. The predicted octanol–water partition coefficient (Wildman–Crippen LogP) is 3.75. The fraction of sp³-hybridized carbons (Fsp3) is 0.444. The zero-order valence-electron chi connectivity index (χ0n) is 14.5. The second-order valence-electron chi connectivity index (χ2n) is 7.06. The van der Waals surface area contributed by atoms with Gasteiger partial charge in [-0.15, -0.1) is 0 Å². The maximum Gasteiger partial charge on any atom is 0.410 e. The van der Waals surface area contributed by atoms with Gasteiger partial charge in [0.05, 0.1) is 24.5 Å². The fourth-order valence-corrected chi connectivity index (χ4v) is 2.84. The number of hydrogen-bond acceptors (Lipinski definition) is 3. The lowest BCUT2D eigenvalue weighted by molar-refractivity contribution is 0.0194. The van der Waals surface area contributed by atoms with Crippen LogP contribution in [0.1, 0.15) is 32.0 Å². The lowest BCUT2D eigenvalue weighted by Gasteiger charge is -2.30. The standard InChI is InChI=1S/C18H22FN3O2/c1-12-15-11-21(17(23)24-18(2,3)4)8-9-22(15)20-16(12)13-6-5-7-14(19)10-13/h5-7,10H,8-9,11H2,1-4H3. The number of hydrogen-bond donors (Lipinski definition) is 0. The number of fused-ring (bicyclic) bond motifs is 1. The third-order valence-corrected chi connectivity index (χ3v) is 3.99. The first-order valence-electron chi connectivity index (χ1n) is 8.05. The van der Waals surface area contributed by atoms with Crippen LogP contribution in [0.25, 0.3) is 11.3 Å². The molecule has 2 aromatic rings. The van der Waals surface area contributed by atoms with Crippen molar-refractivity contribution in [1.82, 2.24) is 14.7 Å². The van der Waals surface area contributed by atoms with Gasteiger partial charge in [-0.25, -0.2) is 9.18 Å². The Bertz CT molecular complexity index is 777. The summed E-state index contributed by atoms with van der Waals surface area (Å²) in [6.45, 7) is 9.11. The topological polar surface area (TPSA) is 47.4 Å². The summed E-state index contributed by atoms with van der Waals surface area (Å²) in [6, 6.07) is 6.41. The Morgan fingerprint density at radius 1 is 1.29 bits per heavy atom. The molecule has 0 saturated heterocycles. The van der Waals surface area contributed by atoms with E-state index in [4.69, 9.17) is 4.74 Å². The molecule has 0 unspecified atom stereocenters. The third-order valence-electron chi connectivity index (χ3n) is 3.99. The maximum absolute atomic E-state index is 13.5. The third kappa shape index (κ3) is 3.27. The first-order valence-corrected chi connectivity index (χ1v) is 8.05. The van der Waals surface area contributed by atoms with Gasteiger partial charge >= 0.3 is 6.09 Å². The van der Waals surface area contributed by atoms with Crippen LogP contribution < -0.4 is 0 Å². The summed E-state index contributed by atoms with van der Waals surface area (Å²) in [4.78, 5) is 14.0. The van der Waals surface area contributed by atoms with Gasteiger partial charge in [-0.05, 0) is 39.8 Å². The first kappa shape index (κ1) is 16.5. The Kier molecular flexibility index (Phi) is 4.07. The summed E-state index contributed by atoms with van der Waals surface area (Å²) in [5.41, 5.74) is 2.92. The number of ether oxygens (including phenoxy) is 1. The van der Waals surface area contributed by atoms with Crippen molar-refractivity contribution in [3.05, 3.63) is 41.3 Å². The lowest BCUT2D eigenvalue weighted by Crippen LogP contribution is -2.41. The minimum atomic E-state index is -0.517. The SMILES string of the molecule is Cc1c(-c2cccc(F)c2)nn2c1CN(C(=O)OC(C)(C)C)CC2. The molecule has 3 rings (SSSR count). The van der Waals surface area contributed by atoms with E-state index in [0.717, 1.165) is 22.5 Å². The molecule has 1 aliphatic rings. The highest BCUT2D eigenvalue weighted by Gasteiger charge is 2.28. The van der Waals surface area contributed by atoms with Crippen molar-refractivity contribution >= 4 is 6.09 Å². The number of carbonyl (C=O) groups is 1. The van der Waals surface area contributed by atoms with Crippen molar-refractivity contribution in [2.75, 3.05) is 6.54 Å². The molecule has 1 aliphatic heterocycles. The van der Waals surface area contributed by atoms with Gasteiger partial charge < -0.3 is 9.64 Å². The molecule has 0 saturated carbocycles. The van der Waals surface area contributed by atoms with Gasteiger partial charge in [-0.1, -0.05) is 12.1 Å². The summed E-state index contributed by atoms with van der Waals surface area (Å²) >= 11 is 0. The monoisotopic (exact) mass is 331 g/mol. The molecule has 0 bridgehead atoms. The molecule has 0 radical (unpaired) electrons. The number of aromatic nitrogens is 2. The number of benzene rings is 1. The largest absolute Gasteiger partial charge is 0.444 e. The van der Waals surface area contributed by atoms with E-state index < -0.39 is 5.60 Å². The molecule has 0 aliphatic carbocycles. The van der Waals surface area contributed by atoms with Crippen LogP contribution in [0.5, 0.6) is 0 Å². The average molecular weight is 331 g/mol. The summed E-state index contributed by atoms with van der Waals surface area (Å²) in [5.74, 6) is -0.284. The highest BCUT2D eigenvalue weighted by atomic mass is 19.1. The van der Waals surface area contributed by atoms with Gasteiger partial charge in [0.25, 0.3) is 0 Å². The van der Waals surface area contributed by atoms with E-state index in [-0.39, 0.29) is 11.9 Å². The highest BCUT2D eigenvalue weighted by Crippen LogP contribution is 2.28. The van der Waals surface area contributed by atoms with Crippen molar-refractivity contribution in [3.8, 4) is 11.3 Å². The summed E-state index contributed by atoms with van der Waals surface area (Å²) < 4.78 is 20.8. The van der Waals surface area contributed by atoms with Gasteiger partial charge in [0.1, 0.15) is 11.4 Å². The van der Waals surface area contributed by atoms with Crippen LogP contribution in [0.2, 0.25) is 0 Å². The van der Waals surface area contributed by atoms with Crippen LogP contribution in [0.15, 0.2) is 24.3 Å². The van der Waals surface area contributed by atoms with Gasteiger partial charge in [0, 0.05) is 17.7 Å². The van der Waals surface area contributed by atoms with E-state index in [1.807, 2.05) is 38.4 Å². The van der Waals surface area contributed by atoms with E-state index in [1.165, 1.54) is 12.1 Å². The van der Waals surface area contributed by atoms with Gasteiger partial charge in [0.2, 0.25) is 0 Å². The van der Waals surface area contributed by atoms with Crippen molar-refractivity contribution in [2.45, 2.75) is 46.4 Å². The summed E-state index contributed by atoms with van der Waals surface area (Å²) in [5, 5.41) is 4.60. The summed E-state index contributed by atoms with van der Waals surface area (Å²) in [7, 11) is 0. The predicted molar refractivity (Wildman–Crippen MR) is 89.0 cm³/mol.